The molecule has 3 aromatic rings. The number of fused-ring (bicyclic) bond motifs is 1. The summed E-state index contributed by atoms with van der Waals surface area (Å²) in [5.41, 5.74) is 1.14. The van der Waals surface area contributed by atoms with Crippen LogP contribution in [0.3, 0.4) is 0 Å². The molecule has 3 aromatic carbocycles. The van der Waals surface area contributed by atoms with Crippen LogP contribution in [-0.2, 0) is 11.3 Å². The molecular formula is C22H22BrNO3. The largest absolute Gasteiger partial charge is 0.488 e. The lowest BCUT2D eigenvalue weighted by Crippen LogP contribution is -2.27. The van der Waals surface area contributed by atoms with E-state index < -0.39 is 11.7 Å². The number of hydrogen-bond acceptors (Lipinski definition) is 3. The Balaban J connectivity index is 1.91. The lowest BCUT2D eigenvalue weighted by molar-refractivity contribution is 0.0636. The first-order chi connectivity index (χ1) is 12.8. The first-order valence-corrected chi connectivity index (χ1v) is 9.50. The second-order valence-electron chi connectivity index (χ2n) is 7.21. The highest BCUT2D eigenvalue weighted by Gasteiger charge is 2.17. The van der Waals surface area contributed by atoms with Crippen molar-refractivity contribution in [2.24, 2.45) is 0 Å². The van der Waals surface area contributed by atoms with Gasteiger partial charge in [0.1, 0.15) is 18.0 Å². The van der Waals surface area contributed by atoms with Crippen molar-refractivity contribution >= 4 is 38.5 Å². The zero-order valence-corrected chi connectivity index (χ0v) is 17.2. The number of amides is 1. The molecule has 27 heavy (non-hydrogen) atoms. The Kier molecular flexibility index (Phi) is 5.71. The molecule has 0 radical (unpaired) electrons. The molecular weight excluding hydrogens is 406 g/mol. The number of nitrogens with one attached hydrogen (secondary N) is 1. The van der Waals surface area contributed by atoms with E-state index >= 15 is 0 Å². The third kappa shape index (κ3) is 5.23. The first-order valence-electron chi connectivity index (χ1n) is 8.71. The van der Waals surface area contributed by atoms with Crippen LogP contribution in [0.4, 0.5) is 10.5 Å². The van der Waals surface area contributed by atoms with E-state index in [0.29, 0.717) is 18.0 Å². The van der Waals surface area contributed by atoms with Crippen LogP contribution in [0.25, 0.3) is 10.8 Å². The maximum atomic E-state index is 12.1. The Hall–Kier alpha value is -2.53. The normalized spacial score (nSPS) is 11.3. The number of halogens is 1. The van der Waals surface area contributed by atoms with Crippen molar-refractivity contribution in [1.82, 2.24) is 0 Å². The standard InChI is InChI=1S/C22H22BrNO3/c1-22(2,3)27-21(25)24-17-12-16-10-7-11-18(23)20(16)19(13-17)26-14-15-8-5-4-6-9-15/h4-13H,14H2,1-3H3,(H,24,25). The summed E-state index contributed by atoms with van der Waals surface area (Å²) in [7, 11) is 0. The SMILES string of the molecule is CC(C)(C)OC(=O)Nc1cc(OCc2ccccc2)c2c(Br)cccc2c1. The van der Waals surface area contributed by atoms with Crippen molar-refractivity contribution in [3.05, 3.63) is 70.7 Å². The third-order valence-corrected chi connectivity index (χ3v) is 4.43. The average Bonchev–Trinajstić information content (AvgIpc) is 2.59. The summed E-state index contributed by atoms with van der Waals surface area (Å²) in [5, 5.41) is 4.71. The molecule has 1 amide bonds. The van der Waals surface area contributed by atoms with E-state index in [-0.39, 0.29) is 0 Å². The summed E-state index contributed by atoms with van der Waals surface area (Å²) in [5.74, 6) is 0.690. The minimum atomic E-state index is -0.559. The Morgan fingerprint density at radius 1 is 1.04 bits per heavy atom. The highest BCUT2D eigenvalue weighted by Crippen LogP contribution is 2.36. The number of benzene rings is 3. The van der Waals surface area contributed by atoms with Gasteiger partial charge in [0, 0.05) is 21.6 Å². The molecule has 0 atom stereocenters. The molecule has 0 fully saturated rings. The lowest BCUT2D eigenvalue weighted by Gasteiger charge is -2.20. The predicted molar refractivity (Wildman–Crippen MR) is 112 cm³/mol. The Labute approximate surface area is 167 Å². The second kappa shape index (κ2) is 8.01. The second-order valence-corrected chi connectivity index (χ2v) is 8.07. The Morgan fingerprint density at radius 2 is 1.78 bits per heavy atom. The van der Waals surface area contributed by atoms with Gasteiger partial charge in [0.2, 0.25) is 0 Å². The number of anilines is 1. The van der Waals surface area contributed by atoms with Crippen molar-refractivity contribution in [3.8, 4) is 5.75 Å². The molecule has 0 aliphatic carbocycles. The molecule has 0 saturated carbocycles. The smallest absolute Gasteiger partial charge is 0.412 e. The minimum Gasteiger partial charge on any atom is -0.488 e. The quantitative estimate of drug-likeness (QED) is 0.514. The molecule has 1 N–H and O–H groups in total. The van der Waals surface area contributed by atoms with E-state index in [1.54, 1.807) is 0 Å². The number of ether oxygens (including phenoxy) is 2. The molecule has 3 rings (SSSR count). The molecule has 0 heterocycles. The van der Waals surface area contributed by atoms with Crippen LogP contribution in [0.5, 0.6) is 5.75 Å². The molecule has 0 aliphatic heterocycles. The van der Waals surface area contributed by atoms with E-state index in [1.165, 1.54) is 0 Å². The van der Waals surface area contributed by atoms with E-state index in [1.807, 2.05) is 81.4 Å². The van der Waals surface area contributed by atoms with Gasteiger partial charge in [-0.15, -0.1) is 0 Å². The predicted octanol–water partition coefficient (Wildman–Crippen LogP) is 6.53. The summed E-state index contributed by atoms with van der Waals surface area (Å²) in [6, 6.07) is 19.6. The van der Waals surface area contributed by atoms with Crippen molar-refractivity contribution in [3.63, 3.8) is 0 Å². The number of hydrogen-bond donors (Lipinski definition) is 1. The van der Waals surface area contributed by atoms with Gasteiger partial charge < -0.3 is 9.47 Å². The van der Waals surface area contributed by atoms with Gasteiger partial charge in [-0.25, -0.2) is 4.79 Å². The number of rotatable bonds is 4. The minimum absolute atomic E-state index is 0.438. The van der Waals surface area contributed by atoms with Crippen molar-refractivity contribution < 1.29 is 14.3 Å². The summed E-state index contributed by atoms with van der Waals surface area (Å²) < 4.78 is 12.4. The average molecular weight is 428 g/mol. The Morgan fingerprint density at radius 3 is 2.48 bits per heavy atom. The molecule has 0 bridgehead atoms. The van der Waals surface area contributed by atoms with Crippen LogP contribution in [0.2, 0.25) is 0 Å². The van der Waals surface area contributed by atoms with Crippen molar-refractivity contribution in [2.75, 3.05) is 5.32 Å². The van der Waals surface area contributed by atoms with E-state index in [2.05, 4.69) is 21.2 Å². The fraction of sp³-hybridized carbons (Fsp3) is 0.227. The van der Waals surface area contributed by atoms with Gasteiger partial charge in [0.05, 0.1) is 0 Å². The molecule has 0 saturated heterocycles. The summed E-state index contributed by atoms with van der Waals surface area (Å²) >= 11 is 3.60. The number of carbonyl (C=O) groups excluding carboxylic acids is 1. The molecule has 140 valence electrons. The fourth-order valence-corrected chi connectivity index (χ4v) is 3.26. The maximum absolute atomic E-state index is 12.1. The molecule has 0 aromatic heterocycles. The van der Waals surface area contributed by atoms with E-state index in [4.69, 9.17) is 9.47 Å². The molecule has 0 spiro atoms. The fourth-order valence-electron chi connectivity index (χ4n) is 2.69. The maximum Gasteiger partial charge on any atom is 0.412 e. The molecule has 0 unspecified atom stereocenters. The van der Waals surface area contributed by atoms with Gasteiger partial charge in [-0.05, 0) is 43.9 Å². The van der Waals surface area contributed by atoms with Crippen molar-refractivity contribution in [1.29, 1.82) is 0 Å². The van der Waals surface area contributed by atoms with E-state index in [0.717, 1.165) is 20.8 Å². The van der Waals surface area contributed by atoms with Crippen LogP contribution >= 0.6 is 15.9 Å². The topological polar surface area (TPSA) is 47.6 Å². The van der Waals surface area contributed by atoms with Crippen molar-refractivity contribution in [2.45, 2.75) is 33.0 Å². The van der Waals surface area contributed by atoms with Crippen LogP contribution < -0.4 is 10.1 Å². The highest BCUT2D eigenvalue weighted by molar-refractivity contribution is 9.10. The summed E-state index contributed by atoms with van der Waals surface area (Å²) in [4.78, 5) is 12.1. The molecule has 0 aliphatic rings. The lowest BCUT2D eigenvalue weighted by atomic mass is 10.1. The van der Waals surface area contributed by atoms with Crippen LogP contribution in [0.15, 0.2) is 65.1 Å². The van der Waals surface area contributed by atoms with Gasteiger partial charge >= 0.3 is 6.09 Å². The third-order valence-electron chi connectivity index (χ3n) is 3.77. The Bertz CT molecular complexity index is 949. The first kappa shape index (κ1) is 19.2. The summed E-state index contributed by atoms with van der Waals surface area (Å²) in [6.45, 7) is 5.93. The highest BCUT2D eigenvalue weighted by atomic mass is 79.9. The zero-order valence-electron chi connectivity index (χ0n) is 15.6. The summed E-state index contributed by atoms with van der Waals surface area (Å²) in [6.07, 6.45) is -0.495. The van der Waals surface area contributed by atoms with Gasteiger partial charge in [-0.3, -0.25) is 5.32 Å². The van der Waals surface area contributed by atoms with Crippen LogP contribution in [0, 0.1) is 0 Å². The van der Waals surface area contributed by atoms with Gasteiger partial charge in [-0.1, -0.05) is 58.4 Å². The van der Waals surface area contributed by atoms with Gasteiger partial charge in [0.15, 0.2) is 0 Å². The zero-order chi connectivity index (χ0) is 19.4. The van der Waals surface area contributed by atoms with Crippen LogP contribution in [-0.4, -0.2) is 11.7 Å². The van der Waals surface area contributed by atoms with Gasteiger partial charge in [0.25, 0.3) is 0 Å². The van der Waals surface area contributed by atoms with Crippen LogP contribution in [0.1, 0.15) is 26.3 Å². The number of carbonyl (C=O) groups is 1. The monoisotopic (exact) mass is 427 g/mol. The molecule has 5 heteroatoms. The van der Waals surface area contributed by atoms with Gasteiger partial charge in [-0.2, -0.15) is 0 Å². The van der Waals surface area contributed by atoms with E-state index in [9.17, 15) is 4.79 Å². The molecule has 4 nitrogen and oxygen atoms in total.